The third-order valence-corrected chi connectivity index (χ3v) is 8.07. The van der Waals surface area contributed by atoms with Gasteiger partial charge in [-0.15, -0.1) is 0 Å². The van der Waals surface area contributed by atoms with Crippen molar-refractivity contribution in [2.75, 3.05) is 25.0 Å². The van der Waals surface area contributed by atoms with Gasteiger partial charge >= 0.3 is 6.03 Å². The standard InChI is InChI=1S/C29H21Cl2N7O3/c1-35-28(41)38(23-12-21(30)11-22(31)13-23)27(40)29(35)17-36(16-24(29)19-5-3-18(14-32)4-6-19)26(39)20-7-8-25(33-15-20)37-10-2-9-34-37/h2-13,15,24H,16-17H2,1H3/t24-,29?/m0/s1. The highest BCUT2D eigenvalue weighted by Crippen LogP contribution is 2.47. The molecular weight excluding hydrogens is 565 g/mol. The van der Waals surface area contributed by atoms with Gasteiger partial charge in [-0.25, -0.2) is 19.4 Å². The van der Waals surface area contributed by atoms with Crippen molar-refractivity contribution in [3.8, 4) is 11.9 Å². The van der Waals surface area contributed by atoms with Crippen molar-refractivity contribution >= 4 is 46.7 Å². The van der Waals surface area contributed by atoms with E-state index in [0.29, 0.717) is 22.5 Å². The fourth-order valence-electron chi connectivity index (χ4n) is 5.60. The van der Waals surface area contributed by atoms with Crippen LogP contribution >= 0.6 is 23.2 Å². The molecule has 10 nitrogen and oxygen atoms in total. The van der Waals surface area contributed by atoms with Gasteiger partial charge in [-0.2, -0.15) is 10.4 Å². The monoisotopic (exact) mass is 585 g/mol. The van der Waals surface area contributed by atoms with Gasteiger partial charge in [0, 0.05) is 48.1 Å². The van der Waals surface area contributed by atoms with Crippen LogP contribution in [0, 0.1) is 11.3 Å². The Kier molecular flexibility index (Phi) is 6.49. The first-order valence-corrected chi connectivity index (χ1v) is 13.3. The lowest BCUT2D eigenvalue weighted by molar-refractivity contribution is -0.124. The molecule has 0 N–H and O–H groups in total. The van der Waals surface area contributed by atoms with Crippen LogP contribution in [0.1, 0.15) is 27.4 Å². The molecule has 0 radical (unpaired) electrons. The molecule has 204 valence electrons. The highest BCUT2D eigenvalue weighted by Gasteiger charge is 2.65. The van der Waals surface area contributed by atoms with Crippen LogP contribution in [0.25, 0.3) is 5.82 Å². The van der Waals surface area contributed by atoms with Crippen LogP contribution in [0.15, 0.2) is 79.3 Å². The largest absolute Gasteiger partial charge is 0.335 e. The number of carbonyl (C=O) groups is 3. The van der Waals surface area contributed by atoms with E-state index in [1.165, 1.54) is 29.3 Å². The van der Waals surface area contributed by atoms with Crippen molar-refractivity contribution in [1.29, 1.82) is 5.26 Å². The minimum Gasteiger partial charge on any atom is -0.335 e. The molecule has 4 heterocycles. The summed E-state index contributed by atoms with van der Waals surface area (Å²) >= 11 is 12.4. The zero-order chi connectivity index (χ0) is 28.9. The lowest BCUT2D eigenvalue weighted by Crippen LogP contribution is -2.54. The van der Waals surface area contributed by atoms with Crippen LogP contribution < -0.4 is 4.90 Å². The highest BCUT2D eigenvalue weighted by molar-refractivity contribution is 6.36. The average Bonchev–Trinajstić information content (AvgIpc) is 3.69. The Balaban J connectivity index is 1.40. The van der Waals surface area contributed by atoms with E-state index in [1.54, 1.807) is 71.5 Å². The lowest BCUT2D eigenvalue weighted by Gasteiger charge is -2.33. The molecule has 12 heteroatoms. The molecule has 2 saturated heterocycles. The maximum atomic E-state index is 14.3. The lowest BCUT2D eigenvalue weighted by atomic mass is 9.80. The molecule has 0 aliphatic carbocycles. The molecule has 2 aliphatic heterocycles. The van der Waals surface area contributed by atoms with E-state index in [9.17, 15) is 19.6 Å². The summed E-state index contributed by atoms with van der Waals surface area (Å²) in [6, 6.07) is 18.0. The number of rotatable bonds is 4. The Hall–Kier alpha value is -4.72. The van der Waals surface area contributed by atoms with Crippen molar-refractivity contribution in [2.45, 2.75) is 11.5 Å². The number of hydrogen-bond donors (Lipinski definition) is 0. The molecular formula is C29H21Cl2N7O3. The zero-order valence-electron chi connectivity index (χ0n) is 21.6. The van der Waals surface area contributed by atoms with Crippen molar-refractivity contribution in [2.24, 2.45) is 0 Å². The summed E-state index contributed by atoms with van der Waals surface area (Å²) in [5.74, 6) is -0.873. The normalized spacial score (nSPS) is 20.2. The summed E-state index contributed by atoms with van der Waals surface area (Å²) in [6.45, 7) is 0.0996. The first-order valence-electron chi connectivity index (χ1n) is 12.6. The number of anilines is 1. The summed E-state index contributed by atoms with van der Waals surface area (Å²) in [7, 11) is 1.55. The van der Waals surface area contributed by atoms with E-state index in [-0.39, 0.29) is 34.7 Å². The molecule has 0 saturated carbocycles. The van der Waals surface area contributed by atoms with Gasteiger partial charge in [0.05, 0.1) is 29.4 Å². The predicted molar refractivity (Wildman–Crippen MR) is 151 cm³/mol. The Morgan fingerprint density at radius 3 is 2.41 bits per heavy atom. The summed E-state index contributed by atoms with van der Waals surface area (Å²) in [5.41, 5.74) is 0.315. The van der Waals surface area contributed by atoms with Gasteiger partial charge in [-0.05, 0) is 54.1 Å². The number of imide groups is 1. The Labute approximate surface area is 244 Å². The Morgan fingerprint density at radius 2 is 1.80 bits per heavy atom. The fourth-order valence-corrected chi connectivity index (χ4v) is 6.11. The van der Waals surface area contributed by atoms with E-state index in [0.717, 1.165) is 4.90 Å². The molecule has 1 spiro atoms. The fraction of sp³-hybridized carbons (Fsp3) is 0.172. The molecule has 2 atom stereocenters. The van der Waals surface area contributed by atoms with Crippen LogP contribution in [-0.2, 0) is 4.79 Å². The molecule has 4 amide bonds. The quantitative estimate of drug-likeness (QED) is 0.325. The first-order chi connectivity index (χ1) is 19.7. The first kappa shape index (κ1) is 26.5. The molecule has 2 aliphatic rings. The number of pyridine rings is 1. The number of halogens is 2. The number of urea groups is 1. The van der Waals surface area contributed by atoms with E-state index in [2.05, 4.69) is 16.2 Å². The molecule has 2 aromatic carbocycles. The summed E-state index contributed by atoms with van der Waals surface area (Å²) in [5, 5.41) is 14.0. The highest BCUT2D eigenvalue weighted by atomic mass is 35.5. The van der Waals surface area contributed by atoms with Crippen LogP contribution in [0.4, 0.5) is 10.5 Å². The van der Waals surface area contributed by atoms with Gasteiger partial charge in [0.2, 0.25) is 0 Å². The smallest absolute Gasteiger partial charge is 0.332 e. The molecule has 6 rings (SSSR count). The second-order valence-corrected chi connectivity index (χ2v) is 10.7. The average molecular weight is 586 g/mol. The van der Waals surface area contributed by atoms with Gasteiger partial charge in [0.25, 0.3) is 11.8 Å². The minimum atomic E-state index is -1.42. The van der Waals surface area contributed by atoms with Crippen LogP contribution in [0.5, 0.6) is 0 Å². The number of amides is 4. The maximum absolute atomic E-state index is 14.3. The zero-order valence-corrected chi connectivity index (χ0v) is 23.1. The molecule has 41 heavy (non-hydrogen) atoms. The van der Waals surface area contributed by atoms with Gasteiger partial charge in [0.1, 0.15) is 5.54 Å². The number of aromatic nitrogens is 3. The molecule has 4 aromatic rings. The number of carbonyl (C=O) groups excluding carboxylic acids is 3. The number of hydrogen-bond acceptors (Lipinski definition) is 6. The van der Waals surface area contributed by atoms with Gasteiger partial charge < -0.3 is 9.80 Å². The number of nitrogens with zero attached hydrogens (tertiary/aromatic N) is 7. The molecule has 2 aromatic heterocycles. The summed E-state index contributed by atoms with van der Waals surface area (Å²) < 4.78 is 1.58. The molecule has 2 fully saturated rings. The number of benzene rings is 2. The summed E-state index contributed by atoms with van der Waals surface area (Å²) in [6.07, 6.45) is 4.84. The van der Waals surface area contributed by atoms with Crippen LogP contribution in [0.3, 0.4) is 0 Å². The maximum Gasteiger partial charge on any atom is 0.332 e. The van der Waals surface area contributed by atoms with Crippen LogP contribution in [-0.4, -0.2) is 68.1 Å². The Bertz CT molecular complexity index is 1700. The van der Waals surface area contributed by atoms with Crippen molar-refractivity contribution < 1.29 is 14.4 Å². The third kappa shape index (κ3) is 4.30. The SMILES string of the molecule is CN1C(=O)N(c2cc(Cl)cc(Cl)c2)C(=O)C12CN(C(=O)c1ccc(-n3cccn3)nc1)C[C@H]2c1ccc(C#N)cc1. The van der Waals surface area contributed by atoms with Gasteiger partial charge in [-0.3, -0.25) is 9.59 Å². The van der Waals surface area contributed by atoms with Crippen molar-refractivity contribution in [3.63, 3.8) is 0 Å². The number of nitriles is 1. The van der Waals surface area contributed by atoms with Gasteiger partial charge in [0.15, 0.2) is 5.82 Å². The van der Waals surface area contributed by atoms with E-state index in [4.69, 9.17) is 23.2 Å². The Morgan fingerprint density at radius 1 is 1.07 bits per heavy atom. The second kappa shape index (κ2) is 10.0. The van der Waals surface area contributed by atoms with Gasteiger partial charge in [-0.1, -0.05) is 35.3 Å². The van der Waals surface area contributed by atoms with E-state index >= 15 is 0 Å². The van der Waals surface area contributed by atoms with Crippen molar-refractivity contribution in [3.05, 3.63) is 106 Å². The second-order valence-electron chi connectivity index (χ2n) is 9.86. The summed E-state index contributed by atoms with van der Waals surface area (Å²) in [4.78, 5) is 50.1. The third-order valence-electron chi connectivity index (χ3n) is 7.63. The molecule has 0 bridgehead atoms. The van der Waals surface area contributed by atoms with E-state index in [1.807, 2.05) is 0 Å². The molecule has 1 unspecified atom stereocenters. The minimum absolute atomic E-state index is 0.0523. The number of likely N-dealkylation sites (N-methyl/N-ethyl adjacent to an activating group) is 1. The topological polar surface area (TPSA) is 115 Å². The van der Waals surface area contributed by atoms with E-state index < -0.39 is 23.4 Å². The number of likely N-dealkylation sites (tertiary alicyclic amines) is 1. The predicted octanol–water partition coefficient (Wildman–Crippen LogP) is 4.52. The van der Waals surface area contributed by atoms with Crippen LogP contribution in [0.2, 0.25) is 10.0 Å². The van der Waals surface area contributed by atoms with Crippen molar-refractivity contribution in [1.82, 2.24) is 24.6 Å².